The molecule has 15 heteroatoms. The van der Waals surface area contributed by atoms with Gasteiger partial charge in [-0.25, -0.2) is 0 Å². The monoisotopic (exact) mass is 297 g/mol. The number of hydrogen-bond acceptors (Lipinski definition) is 10. The van der Waals surface area contributed by atoms with Crippen LogP contribution in [0.15, 0.2) is 0 Å². The Morgan fingerprint density at radius 3 is 1.15 bits per heavy atom. The number of nitro groups is 5. The molecule has 15 nitrogen and oxygen atoms in total. The van der Waals surface area contributed by atoms with Crippen LogP contribution in [0, 0.1) is 50.6 Å². The molecule has 0 radical (unpaired) electrons. The highest BCUT2D eigenvalue weighted by Gasteiger charge is 2.72. The molecule has 0 atom stereocenters. The zero-order valence-corrected chi connectivity index (χ0v) is 9.73. The minimum Gasteiger partial charge on any atom is -0.258 e. The third-order valence-corrected chi connectivity index (χ3v) is 2.60. The maximum absolute atomic E-state index is 10.5. The van der Waals surface area contributed by atoms with E-state index in [2.05, 4.69) is 0 Å². The highest BCUT2D eigenvalue weighted by atomic mass is 16.7. The van der Waals surface area contributed by atoms with E-state index in [9.17, 15) is 50.6 Å². The highest BCUT2D eigenvalue weighted by Crippen LogP contribution is 2.26. The van der Waals surface area contributed by atoms with Gasteiger partial charge in [0, 0.05) is 0 Å². The zero-order chi connectivity index (χ0) is 16.3. The van der Waals surface area contributed by atoms with Crippen LogP contribution in [-0.2, 0) is 0 Å². The van der Waals surface area contributed by atoms with Crippen LogP contribution in [0.4, 0.5) is 0 Å². The van der Waals surface area contributed by atoms with Gasteiger partial charge in [-0.2, -0.15) is 0 Å². The Hall–Kier alpha value is -3.00. The maximum atomic E-state index is 10.5. The molecule has 0 N–H and O–H groups in total. The van der Waals surface area contributed by atoms with Gasteiger partial charge in [-0.15, -0.1) is 0 Å². The van der Waals surface area contributed by atoms with Gasteiger partial charge in [0.15, 0.2) is 21.2 Å². The van der Waals surface area contributed by atoms with Gasteiger partial charge in [0.1, 0.15) is 6.42 Å². The highest BCUT2D eigenvalue weighted by molar-refractivity contribution is 4.65. The van der Waals surface area contributed by atoms with Gasteiger partial charge in [0.05, 0.1) is 16.8 Å². The molecular formula is C5H7N5O10. The molecule has 0 rings (SSSR count). The van der Waals surface area contributed by atoms with Crippen molar-refractivity contribution >= 4 is 0 Å². The molecule has 0 fully saturated rings. The Bertz CT molecular complexity index is 436. The fraction of sp³-hybridized carbons (Fsp3) is 1.00. The summed E-state index contributed by atoms with van der Waals surface area (Å²) in [5.41, 5.74) is -3.01. The second kappa shape index (κ2) is 5.33. The van der Waals surface area contributed by atoms with Crippen LogP contribution >= 0.6 is 0 Å². The molecule has 0 heterocycles. The van der Waals surface area contributed by atoms with Crippen molar-refractivity contribution in [2.24, 2.45) is 0 Å². The van der Waals surface area contributed by atoms with Crippen LogP contribution in [0.3, 0.4) is 0 Å². The normalized spacial score (nSPS) is 11.7. The first-order valence-electron chi connectivity index (χ1n) is 4.65. The summed E-state index contributed by atoms with van der Waals surface area (Å²) in [7, 11) is 0. The Morgan fingerprint density at radius 2 is 0.950 bits per heavy atom. The van der Waals surface area contributed by atoms with E-state index in [1.54, 1.807) is 0 Å². The van der Waals surface area contributed by atoms with E-state index in [0.29, 0.717) is 6.92 Å². The Kier molecular flexibility index (Phi) is 4.53. The lowest BCUT2D eigenvalue weighted by atomic mass is 10.0. The second-order valence-corrected chi connectivity index (χ2v) is 3.78. The van der Waals surface area contributed by atoms with E-state index in [4.69, 9.17) is 0 Å². The van der Waals surface area contributed by atoms with Crippen LogP contribution in [0.2, 0.25) is 0 Å². The summed E-state index contributed by atoms with van der Waals surface area (Å²) in [6.45, 7) is 0.442. The molecule has 20 heavy (non-hydrogen) atoms. The van der Waals surface area contributed by atoms with Crippen LogP contribution in [-0.4, -0.2) is 36.1 Å². The largest absolute Gasteiger partial charge is 0.700 e. The average molecular weight is 297 g/mol. The van der Waals surface area contributed by atoms with Gasteiger partial charge in [-0.1, -0.05) is 0 Å². The summed E-state index contributed by atoms with van der Waals surface area (Å²) in [5, 5.41) is 52.7. The molecule has 0 saturated heterocycles. The fourth-order valence-electron chi connectivity index (χ4n) is 1.13. The van der Waals surface area contributed by atoms with Crippen molar-refractivity contribution in [2.75, 3.05) is 0 Å². The van der Waals surface area contributed by atoms with Crippen molar-refractivity contribution in [1.82, 2.24) is 0 Å². The van der Waals surface area contributed by atoms with Crippen molar-refractivity contribution in [2.45, 2.75) is 31.2 Å². The molecule has 0 aromatic heterocycles. The van der Waals surface area contributed by atoms with E-state index in [-0.39, 0.29) is 0 Å². The lowest BCUT2D eigenvalue weighted by Gasteiger charge is -2.13. The van der Waals surface area contributed by atoms with Crippen molar-refractivity contribution in [3.63, 3.8) is 0 Å². The summed E-state index contributed by atoms with van der Waals surface area (Å²) in [6.07, 6.45) is -2.98. The predicted molar refractivity (Wildman–Crippen MR) is 55.3 cm³/mol. The summed E-state index contributed by atoms with van der Waals surface area (Å²) in [5.74, 6) is -3.96. The number of nitrogens with zero attached hydrogens (tertiary/aromatic N) is 5. The summed E-state index contributed by atoms with van der Waals surface area (Å²) in [6, 6.07) is 0. The number of rotatable bonds is 8. The first kappa shape index (κ1) is 17.0. The predicted octanol–water partition coefficient (Wildman–Crippen LogP) is -0.480. The first-order valence-corrected chi connectivity index (χ1v) is 4.65. The molecule has 0 bridgehead atoms. The molecule has 0 aliphatic carbocycles. The lowest BCUT2D eigenvalue weighted by molar-refractivity contribution is -0.971. The molecule has 0 aliphatic rings. The SMILES string of the molecule is CC(CCC([N+](=O)[O-])([N+](=O)[O-])[N+](=O)[O-])([N+](=O)[O-])[N+](=O)[O-]. The van der Waals surface area contributed by atoms with Crippen LogP contribution in [0.1, 0.15) is 19.8 Å². The third kappa shape index (κ3) is 2.54. The van der Waals surface area contributed by atoms with Gasteiger partial charge in [-0.05, 0) is 0 Å². The number of hydrogen-bond donors (Lipinski definition) is 0. The molecule has 112 valence electrons. The molecule has 0 aliphatic heterocycles. The van der Waals surface area contributed by atoms with E-state index >= 15 is 0 Å². The molecule has 0 unspecified atom stereocenters. The van der Waals surface area contributed by atoms with Gasteiger partial charge in [-0.3, -0.25) is 50.6 Å². The Balaban J connectivity index is 5.59. The van der Waals surface area contributed by atoms with E-state index in [1.807, 2.05) is 0 Å². The molecule has 0 spiro atoms. The van der Waals surface area contributed by atoms with E-state index < -0.39 is 48.9 Å². The Morgan fingerprint density at radius 1 is 0.650 bits per heavy atom. The van der Waals surface area contributed by atoms with Gasteiger partial charge < -0.3 is 0 Å². The minimum absolute atomic E-state index is 0.442. The second-order valence-electron chi connectivity index (χ2n) is 3.78. The average Bonchev–Trinajstić information content (AvgIpc) is 2.27. The fourth-order valence-corrected chi connectivity index (χ4v) is 1.13. The summed E-state index contributed by atoms with van der Waals surface area (Å²) in [4.78, 5) is 44.3. The van der Waals surface area contributed by atoms with Crippen molar-refractivity contribution < 1.29 is 24.6 Å². The molecular weight excluding hydrogens is 290 g/mol. The van der Waals surface area contributed by atoms with Gasteiger partial charge >= 0.3 is 11.4 Å². The molecule has 0 amide bonds. The van der Waals surface area contributed by atoms with Crippen LogP contribution < -0.4 is 0 Å². The maximum Gasteiger partial charge on any atom is 0.700 e. The van der Waals surface area contributed by atoms with E-state index in [0.717, 1.165) is 0 Å². The summed E-state index contributed by atoms with van der Waals surface area (Å²) < 4.78 is 0. The quantitative estimate of drug-likeness (QED) is 0.318. The van der Waals surface area contributed by atoms with Gasteiger partial charge in [0.25, 0.3) is 0 Å². The lowest BCUT2D eigenvalue weighted by Crippen LogP contribution is -2.55. The standard InChI is InChI=1S/C5H7N5O10/c1-4(6(11)12,7(13)14)2-3-5(8(15)16,9(17)18)10(19)20/h2-3H2,1H3. The molecule has 0 saturated carbocycles. The van der Waals surface area contributed by atoms with Gasteiger partial charge in [0.2, 0.25) is 0 Å². The first-order chi connectivity index (χ1) is 8.92. The Labute approximate surface area is 107 Å². The topological polar surface area (TPSA) is 216 Å². The van der Waals surface area contributed by atoms with Crippen molar-refractivity contribution in [3.8, 4) is 0 Å². The van der Waals surface area contributed by atoms with Crippen molar-refractivity contribution in [3.05, 3.63) is 50.6 Å². The smallest absolute Gasteiger partial charge is 0.258 e. The van der Waals surface area contributed by atoms with Crippen LogP contribution in [0.5, 0.6) is 0 Å². The van der Waals surface area contributed by atoms with E-state index in [1.165, 1.54) is 0 Å². The zero-order valence-electron chi connectivity index (χ0n) is 9.73. The minimum atomic E-state index is -3.96. The summed E-state index contributed by atoms with van der Waals surface area (Å²) >= 11 is 0. The van der Waals surface area contributed by atoms with Crippen LogP contribution in [0.25, 0.3) is 0 Å². The molecule has 0 aromatic rings. The third-order valence-electron chi connectivity index (χ3n) is 2.60. The molecule has 0 aromatic carbocycles. The van der Waals surface area contributed by atoms with Crippen molar-refractivity contribution in [1.29, 1.82) is 0 Å².